The monoisotopic (exact) mass is 421 g/mol. The van der Waals surface area contributed by atoms with Crippen LogP contribution < -0.4 is 9.62 Å². The number of para-hydroxylation sites is 1. The number of benzene rings is 2. The molecule has 0 aliphatic carbocycles. The smallest absolute Gasteiger partial charge is 0.264 e. The van der Waals surface area contributed by atoms with E-state index < -0.39 is 10.0 Å². The molecule has 0 saturated heterocycles. The standard InChI is InChI=1S/C23H23N3O3S/c1-16-13-18-7-3-4-11-22(18)26(16)30(28,29)21-10-5-8-19(14-21)23(27)25-17(2)20-9-6-12-24-15-20/h3-12,14-17H,13H2,1-2H3,(H,25,27). The molecule has 2 aromatic carbocycles. The predicted octanol–water partition coefficient (Wildman–Crippen LogP) is 3.71. The van der Waals surface area contributed by atoms with Crippen LogP contribution >= 0.6 is 0 Å². The summed E-state index contributed by atoms with van der Waals surface area (Å²) in [5, 5.41) is 2.90. The first-order valence-electron chi connectivity index (χ1n) is 9.81. The van der Waals surface area contributed by atoms with Gasteiger partial charge in [0.1, 0.15) is 0 Å². The summed E-state index contributed by atoms with van der Waals surface area (Å²) in [5.41, 5.74) is 2.88. The van der Waals surface area contributed by atoms with Gasteiger partial charge in [-0.3, -0.25) is 14.1 Å². The van der Waals surface area contributed by atoms with E-state index in [-0.39, 0.29) is 22.9 Å². The average Bonchev–Trinajstić information content (AvgIpc) is 3.10. The molecule has 0 radical (unpaired) electrons. The number of carbonyl (C=O) groups is 1. The number of aromatic nitrogens is 1. The molecule has 0 spiro atoms. The minimum absolute atomic E-state index is 0.104. The Morgan fingerprint density at radius 3 is 2.70 bits per heavy atom. The molecule has 1 aromatic heterocycles. The van der Waals surface area contributed by atoms with Gasteiger partial charge in [0.25, 0.3) is 15.9 Å². The number of hydrogen-bond donors (Lipinski definition) is 1. The summed E-state index contributed by atoms with van der Waals surface area (Å²) < 4.78 is 28.3. The molecule has 30 heavy (non-hydrogen) atoms. The third-order valence-corrected chi connectivity index (χ3v) is 7.25. The molecule has 4 rings (SSSR count). The molecule has 0 saturated carbocycles. The summed E-state index contributed by atoms with van der Waals surface area (Å²) in [7, 11) is -3.79. The first-order chi connectivity index (χ1) is 14.4. The van der Waals surface area contributed by atoms with Gasteiger partial charge < -0.3 is 5.32 Å². The van der Waals surface area contributed by atoms with Crippen LogP contribution in [0.25, 0.3) is 0 Å². The van der Waals surface area contributed by atoms with Crippen molar-refractivity contribution in [2.45, 2.75) is 37.2 Å². The van der Waals surface area contributed by atoms with Crippen molar-refractivity contribution < 1.29 is 13.2 Å². The first kappa shape index (κ1) is 20.1. The molecule has 1 aliphatic rings. The lowest BCUT2D eigenvalue weighted by molar-refractivity contribution is 0.0939. The van der Waals surface area contributed by atoms with Crippen molar-refractivity contribution in [1.82, 2.24) is 10.3 Å². The van der Waals surface area contributed by atoms with Gasteiger partial charge in [-0.2, -0.15) is 0 Å². The van der Waals surface area contributed by atoms with Gasteiger partial charge in [0.15, 0.2) is 0 Å². The largest absolute Gasteiger partial charge is 0.345 e. The molecule has 3 aromatic rings. The van der Waals surface area contributed by atoms with Crippen LogP contribution in [0.2, 0.25) is 0 Å². The zero-order chi connectivity index (χ0) is 21.3. The second-order valence-corrected chi connectivity index (χ2v) is 9.31. The Hall–Kier alpha value is -3.19. The number of sulfonamides is 1. The Morgan fingerprint density at radius 1 is 1.13 bits per heavy atom. The van der Waals surface area contributed by atoms with E-state index in [2.05, 4.69) is 10.3 Å². The lowest BCUT2D eigenvalue weighted by Gasteiger charge is -2.24. The van der Waals surface area contributed by atoms with Crippen molar-refractivity contribution in [3.63, 3.8) is 0 Å². The van der Waals surface area contributed by atoms with Gasteiger partial charge in [0.2, 0.25) is 0 Å². The average molecular weight is 422 g/mol. The number of hydrogen-bond acceptors (Lipinski definition) is 4. The first-order valence-corrected chi connectivity index (χ1v) is 11.2. The van der Waals surface area contributed by atoms with Gasteiger partial charge in [0.05, 0.1) is 16.6 Å². The molecule has 1 aliphatic heterocycles. The Labute approximate surface area is 176 Å². The van der Waals surface area contributed by atoms with Crippen molar-refractivity contribution in [3.05, 3.63) is 89.7 Å². The number of fused-ring (bicyclic) bond motifs is 1. The molecule has 2 heterocycles. The fourth-order valence-electron chi connectivity index (χ4n) is 3.81. The van der Waals surface area contributed by atoms with Crippen molar-refractivity contribution in [1.29, 1.82) is 0 Å². The molecule has 1 amide bonds. The van der Waals surface area contributed by atoms with E-state index in [1.807, 2.05) is 44.2 Å². The van der Waals surface area contributed by atoms with E-state index in [0.29, 0.717) is 17.7 Å². The molecule has 1 N–H and O–H groups in total. The SMILES string of the molecule is CC(NC(=O)c1cccc(S(=O)(=O)N2c3ccccc3CC2C)c1)c1cccnc1. The molecular weight excluding hydrogens is 398 g/mol. The molecule has 7 heteroatoms. The fourth-order valence-corrected chi connectivity index (χ4v) is 5.55. The van der Waals surface area contributed by atoms with Crippen LogP contribution in [0, 0.1) is 0 Å². The summed E-state index contributed by atoms with van der Waals surface area (Å²) in [6.45, 7) is 3.75. The lowest BCUT2D eigenvalue weighted by Crippen LogP contribution is -2.36. The molecule has 0 bridgehead atoms. The minimum atomic E-state index is -3.79. The maximum absolute atomic E-state index is 13.4. The Kier molecular flexibility index (Phi) is 5.30. The highest BCUT2D eigenvalue weighted by molar-refractivity contribution is 7.92. The maximum Gasteiger partial charge on any atom is 0.264 e. The van der Waals surface area contributed by atoms with Gasteiger partial charge in [-0.1, -0.05) is 30.3 Å². The summed E-state index contributed by atoms with van der Waals surface area (Å²) in [5.74, 6) is -0.335. The Balaban J connectivity index is 1.61. The van der Waals surface area contributed by atoms with Gasteiger partial charge in [0, 0.05) is 24.0 Å². The van der Waals surface area contributed by atoms with Crippen LogP contribution in [0.5, 0.6) is 0 Å². The number of nitrogens with one attached hydrogen (secondary N) is 1. The second-order valence-electron chi connectivity index (χ2n) is 7.49. The van der Waals surface area contributed by atoms with Crippen LogP contribution in [-0.4, -0.2) is 25.4 Å². The summed E-state index contributed by atoms with van der Waals surface area (Å²) in [6, 6.07) is 17.0. The maximum atomic E-state index is 13.4. The number of pyridine rings is 1. The van der Waals surface area contributed by atoms with Crippen molar-refractivity contribution in [2.24, 2.45) is 0 Å². The topological polar surface area (TPSA) is 79.4 Å². The molecular formula is C23H23N3O3S. The minimum Gasteiger partial charge on any atom is -0.345 e. The van der Waals surface area contributed by atoms with Crippen molar-refractivity contribution in [2.75, 3.05) is 4.31 Å². The zero-order valence-electron chi connectivity index (χ0n) is 16.8. The molecule has 2 unspecified atom stereocenters. The quantitative estimate of drug-likeness (QED) is 0.681. The van der Waals surface area contributed by atoms with Crippen LogP contribution in [0.4, 0.5) is 5.69 Å². The predicted molar refractivity (Wildman–Crippen MR) is 116 cm³/mol. The molecule has 2 atom stereocenters. The van der Waals surface area contributed by atoms with Gasteiger partial charge in [-0.05, 0) is 61.7 Å². The van der Waals surface area contributed by atoms with Crippen LogP contribution in [0.3, 0.4) is 0 Å². The highest BCUT2D eigenvalue weighted by Crippen LogP contribution is 2.36. The zero-order valence-corrected chi connectivity index (χ0v) is 17.6. The summed E-state index contributed by atoms with van der Waals surface area (Å²) in [6.07, 6.45) is 4.03. The normalized spacial score (nSPS) is 16.7. The van der Waals surface area contributed by atoms with Gasteiger partial charge in [-0.15, -0.1) is 0 Å². The van der Waals surface area contributed by atoms with E-state index in [4.69, 9.17) is 0 Å². The van der Waals surface area contributed by atoms with Crippen LogP contribution in [-0.2, 0) is 16.4 Å². The fraction of sp³-hybridized carbons (Fsp3) is 0.217. The van der Waals surface area contributed by atoms with Crippen LogP contribution in [0.15, 0.2) is 78.0 Å². The lowest BCUT2D eigenvalue weighted by atomic mass is 10.1. The van der Waals surface area contributed by atoms with Gasteiger partial charge >= 0.3 is 0 Å². The Bertz CT molecular complexity index is 1180. The van der Waals surface area contributed by atoms with E-state index in [1.54, 1.807) is 30.6 Å². The van der Waals surface area contributed by atoms with Crippen molar-refractivity contribution >= 4 is 21.6 Å². The van der Waals surface area contributed by atoms with E-state index in [9.17, 15) is 13.2 Å². The highest BCUT2D eigenvalue weighted by atomic mass is 32.2. The molecule has 0 fully saturated rings. The number of nitrogens with zero attached hydrogens (tertiary/aromatic N) is 2. The number of rotatable bonds is 5. The third-order valence-electron chi connectivity index (χ3n) is 5.33. The van der Waals surface area contributed by atoms with Gasteiger partial charge in [-0.25, -0.2) is 8.42 Å². The highest BCUT2D eigenvalue weighted by Gasteiger charge is 2.36. The van der Waals surface area contributed by atoms with E-state index >= 15 is 0 Å². The Morgan fingerprint density at radius 2 is 1.93 bits per heavy atom. The summed E-state index contributed by atoms with van der Waals surface area (Å²) >= 11 is 0. The number of carbonyl (C=O) groups excluding carboxylic acids is 1. The summed E-state index contributed by atoms with van der Waals surface area (Å²) in [4.78, 5) is 16.9. The second kappa shape index (κ2) is 7.91. The van der Waals surface area contributed by atoms with Crippen LogP contribution in [0.1, 0.15) is 41.4 Å². The number of amides is 1. The third kappa shape index (κ3) is 3.68. The number of anilines is 1. The van der Waals surface area contributed by atoms with E-state index in [0.717, 1.165) is 11.1 Å². The molecule has 6 nitrogen and oxygen atoms in total. The molecule has 154 valence electrons. The van der Waals surface area contributed by atoms with Crippen molar-refractivity contribution in [3.8, 4) is 0 Å². The van der Waals surface area contributed by atoms with E-state index in [1.165, 1.54) is 16.4 Å².